The zero-order valence-electron chi connectivity index (χ0n) is 30.5. The van der Waals surface area contributed by atoms with Gasteiger partial charge in [-0.15, -0.1) is 0 Å². The molecule has 0 fully saturated rings. The highest BCUT2D eigenvalue weighted by atomic mass is 79.9. The molecular weight excluding hydrogens is 738 g/mol. The summed E-state index contributed by atoms with van der Waals surface area (Å²) in [5.74, 6) is -0.989. The van der Waals surface area contributed by atoms with Gasteiger partial charge in [0.1, 0.15) is 28.6 Å². The van der Waals surface area contributed by atoms with Crippen molar-refractivity contribution in [2.45, 2.75) is 110 Å². The van der Waals surface area contributed by atoms with E-state index in [1.165, 1.54) is 10.6 Å². The number of amides is 1. The Morgan fingerprint density at radius 2 is 1.82 bits per heavy atom. The van der Waals surface area contributed by atoms with Crippen LogP contribution in [0.1, 0.15) is 92.1 Å². The van der Waals surface area contributed by atoms with Gasteiger partial charge in [0, 0.05) is 17.2 Å². The molecule has 14 heteroatoms. The van der Waals surface area contributed by atoms with Gasteiger partial charge in [0.15, 0.2) is 0 Å². The summed E-state index contributed by atoms with van der Waals surface area (Å²) in [5, 5.41) is 2.66. The molecule has 1 aliphatic rings. The van der Waals surface area contributed by atoms with Crippen LogP contribution in [0.3, 0.4) is 0 Å². The van der Waals surface area contributed by atoms with Crippen molar-refractivity contribution in [2.24, 2.45) is 10.7 Å². The van der Waals surface area contributed by atoms with E-state index < -0.39 is 39.1 Å². The number of nitrogens with one attached hydrogen (secondary N) is 2. The molecule has 0 radical (unpaired) electrons. The van der Waals surface area contributed by atoms with Crippen molar-refractivity contribution >= 4 is 43.8 Å². The lowest BCUT2D eigenvalue weighted by Gasteiger charge is -2.35. The standard InChI is InChI=1S/C37H48BrN5O7S/c1-22-23(2)31(24(3)27-16-17-37(7,8)49-30(22)27)51(47,48)42-35(39)40-18-10-15-29(34(46)50-36(4,5)6)41-32(44)28-14-11-19-43(33(28)45)21-25-12-9-13-26(38)20-25/h9,11-14,19-20,29H,10,15-18,21H2,1-8H3,(H,41,44)(H3,39,40,42)/t29-/m0/s1. The summed E-state index contributed by atoms with van der Waals surface area (Å²) in [6.07, 6.45) is 3.34. The van der Waals surface area contributed by atoms with Crippen LogP contribution in [0, 0.1) is 20.8 Å². The third kappa shape index (κ3) is 10.0. The maximum atomic E-state index is 13.6. The van der Waals surface area contributed by atoms with Gasteiger partial charge in [-0.25, -0.2) is 17.9 Å². The molecule has 1 aliphatic heterocycles. The molecule has 1 aromatic heterocycles. The number of hydrogen-bond donors (Lipinski definition) is 3. The van der Waals surface area contributed by atoms with Crippen molar-refractivity contribution in [3.63, 3.8) is 0 Å². The third-order valence-electron chi connectivity index (χ3n) is 8.61. The van der Waals surface area contributed by atoms with Gasteiger partial charge in [0.25, 0.3) is 21.5 Å². The number of esters is 1. The molecular formula is C37H48BrN5O7S. The summed E-state index contributed by atoms with van der Waals surface area (Å²) in [7, 11) is -4.10. The first-order valence-electron chi connectivity index (χ1n) is 16.8. The van der Waals surface area contributed by atoms with Gasteiger partial charge >= 0.3 is 5.97 Å². The number of nitrogens with zero attached hydrogens (tertiary/aromatic N) is 2. The quantitative estimate of drug-likeness (QED) is 0.103. The first-order valence-corrected chi connectivity index (χ1v) is 19.1. The minimum Gasteiger partial charge on any atom is -0.487 e. The van der Waals surface area contributed by atoms with Crippen LogP contribution in [-0.2, 0) is 32.5 Å². The molecule has 2 heterocycles. The second-order valence-electron chi connectivity index (χ2n) is 14.4. The molecule has 12 nitrogen and oxygen atoms in total. The van der Waals surface area contributed by atoms with Crippen molar-refractivity contribution < 1.29 is 27.5 Å². The van der Waals surface area contributed by atoms with E-state index in [1.54, 1.807) is 46.9 Å². The summed E-state index contributed by atoms with van der Waals surface area (Å²) in [6.45, 7) is 14.8. The number of sulfonamides is 1. The van der Waals surface area contributed by atoms with E-state index >= 15 is 0 Å². The predicted molar refractivity (Wildman–Crippen MR) is 201 cm³/mol. The van der Waals surface area contributed by atoms with Crippen molar-refractivity contribution in [1.82, 2.24) is 14.6 Å². The van der Waals surface area contributed by atoms with Crippen LogP contribution in [0.15, 0.2) is 61.8 Å². The maximum absolute atomic E-state index is 13.6. The summed E-state index contributed by atoms with van der Waals surface area (Å²) in [4.78, 5) is 44.1. The van der Waals surface area contributed by atoms with E-state index in [4.69, 9.17) is 15.2 Å². The van der Waals surface area contributed by atoms with E-state index in [0.717, 1.165) is 33.3 Å². The summed E-state index contributed by atoms with van der Waals surface area (Å²) < 4.78 is 43.6. The molecule has 276 valence electrons. The van der Waals surface area contributed by atoms with Crippen molar-refractivity contribution in [3.05, 3.63) is 90.8 Å². The van der Waals surface area contributed by atoms with Gasteiger partial charge in [0.2, 0.25) is 5.96 Å². The minimum absolute atomic E-state index is 0.0401. The lowest BCUT2D eigenvalue weighted by Crippen LogP contribution is -2.46. The van der Waals surface area contributed by atoms with Crippen LogP contribution in [0.4, 0.5) is 0 Å². The number of carbonyl (C=O) groups is 2. The number of fused-ring (bicyclic) bond motifs is 1. The van der Waals surface area contributed by atoms with Crippen LogP contribution >= 0.6 is 15.9 Å². The van der Waals surface area contributed by atoms with E-state index in [1.807, 2.05) is 45.0 Å². The van der Waals surface area contributed by atoms with Gasteiger partial charge in [-0.1, -0.05) is 28.1 Å². The largest absolute Gasteiger partial charge is 0.487 e. The number of aliphatic imine (C=N–C) groups is 1. The van der Waals surface area contributed by atoms with Gasteiger partial charge in [-0.2, -0.15) is 0 Å². The molecule has 1 atom stereocenters. The monoisotopic (exact) mass is 785 g/mol. The van der Waals surface area contributed by atoms with Crippen molar-refractivity contribution in [2.75, 3.05) is 6.54 Å². The van der Waals surface area contributed by atoms with Crippen LogP contribution in [-0.4, -0.2) is 54.6 Å². The number of nitrogens with two attached hydrogens (primary N) is 1. The number of aromatic nitrogens is 1. The second kappa shape index (κ2) is 15.6. The number of rotatable bonds is 11. The van der Waals surface area contributed by atoms with Crippen LogP contribution < -0.4 is 26.1 Å². The lowest BCUT2D eigenvalue weighted by atomic mass is 9.88. The first kappa shape index (κ1) is 39.6. The van der Waals surface area contributed by atoms with Crippen LogP contribution in [0.5, 0.6) is 5.75 Å². The number of halogens is 1. The van der Waals surface area contributed by atoms with Crippen molar-refractivity contribution in [1.29, 1.82) is 0 Å². The molecule has 0 unspecified atom stereocenters. The molecule has 0 saturated carbocycles. The highest BCUT2D eigenvalue weighted by molar-refractivity contribution is 9.10. The van der Waals surface area contributed by atoms with E-state index in [9.17, 15) is 22.8 Å². The molecule has 4 rings (SSSR count). The van der Waals surface area contributed by atoms with Gasteiger partial charge in [-0.05, 0) is 133 Å². The smallest absolute Gasteiger partial charge is 0.329 e. The minimum atomic E-state index is -4.10. The Hall–Kier alpha value is -4.17. The van der Waals surface area contributed by atoms with Gasteiger partial charge < -0.3 is 25.1 Å². The number of pyridine rings is 1. The van der Waals surface area contributed by atoms with Gasteiger partial charge in [0.05, 0.1) is 11.4 Å². The molecule has 1 amide bonds. The molecule has 3 aromatic rings. The number of guanidine groups is 1. The molecule has 51 heavy (non-hydrogen) atoms. The number of benzene rings is 2. The fraction of sp³-hybridized carbons (Fsp3) is 0.459. The fourth-order valence-corrected chi connectivity index (χ4v) is 7.96. The van der Waals surface area contributed by atoms with E-state index in [-0.39, 0.29) is 48.0 Å². The molecule has 4 N–H and O–H groups in total. The van der Waals surface area contributed by atoms with Crippen LogP contribution in [0.2, 0.25) is 0 Å². The molecule has 0 aliphatic carbocycles. The fourth-order valence-electron chi connectivity index (χ4n) is 5.99. The predicted octanol–water partition coefficient (Wildman–Crippen LogP) is 5.20. The average Bonchev–Trinajstić information content (AvgIpc) is 3.00. The van der Waals surface area contributed by atoms with E-state index in [2.05, 4.69) is 31.0 Å². The summed E-state index contributed by atoms with van der Waals surface area (Å²) in [6, 6.07) is 9.37. The zero-order valence-corrected chi connectivity index (χ0v) is 32.9. The summed E-state index contributed by atoms with van der Waals surface area (Å²) in [5.41, 5.74) is 7.89. The second-order valence-corrected chi connectivity index (χ2v) is 17.0. The summed E-state index contributed by atoms with van der Waals surface area (Å²) >= 11 is 3.43. The van der Waals surface area contributed by atoms with Crippen molar-refractivity contribution in [3.8, 4) is 5.75 Å². The average molecular weight is 787 g/mol. The Balaban J connectivity index is 1.46. The highest BCUT2D eigenvalue weighted by Crippen LogP contribution is 2.42. The third-order valence-corrected chi connectivity index (χ3v) is 10.7. The molecule has 2 aromatic carbocycles. The highest BCUT2D eigenvalue weighted by Gasteiger charge is 2.34. The molecule has 0 bridgehead atoms. The maximum Gasteiger partial charge on any atom is 0.329 e. The van der Waals surface area contributed by atoms with Crippen LogP contribution in [0.25, 0.3) is 0 Å². The molecule has 0 saturated heterocycles. The number of ether oxygens (including phenoxy) is 2. The Morgan fingerprint density at radius 1 is 1.12 bits per heavy atom. The normalized spacial score (nSPS) is 15.0. The Kier molecular flexibility index (Phi) is 12.1. The topological polar surface area (TPSA) is 171 Å². The van der Waals surface area contributed by atoms with E-state index in [0.29, 0.717) is 17.5 Å². The van der Waals surface area contributed by atoms with Gasteiger partial charge in [-0.3, -0.25) is 14.6 Å². The molecule has 0 spiro atoms. The number of carbonyl (C=O) groups excluding carboxylic acids is 2. The zero-order chi connectivity index (χ0) is 37.9. The first-order chi connectivity index (χ1) is 23.7. The SMILES string of the molecule is Cc1c(C)c(S(=O)(=O)NC(N)=NCCC[C@H](NC(=O)c2cccn(Cc3cccc(Br)c3)c2=O)C(=O)OC(C)(C)C)c(C)c2c1OC(C)(C)CC2. The Bertz CT molecular complexity index is 2020. The Labute approximate surface area is 308 Å². The Morgan fingerprint density at radius 3 is 2.49 bits per heavy atom. The lowest BCUT2D eigenvalue weighted by molar-refractivity contribution is -0.157. The number of hydrogen-bond acceptors (Lipinski definition) is 8.